The Labute approximate surface area is 124 Å². The molecule has 1 unspecified atom stereocenters. The van der Waals surface area contributed by atoms with Crippen LogP contribution < -0.4 is 5.73 Å². The summed E-state index contributed by atoms with van der Waals surface area (Å²) < 4.78 is 25.2. The molecular formula is C15H19N3O2S. The molecule has 2 N–H and O–H groups in total. The quantitative estimate of drug-likeness (QED) is 0.920. The third kappa shape index (κ3) is 2.44. The number of nitrogens with zero attached hydrogens (tertiary/aromatic N) is 2. The summed E-state index contributed by atoms with van der Waals surface area (Å²) in [6.07, 6.45) is 0.550. The van der Waals surface area contributed by atoms with Gasteiger partial charge in [-0.2, -0.15) is 5.10 Å². The molecular weight excluding hydrogens is 286 g/mol. The van der Waals surface area contributed by atoms with Crippen molar-refractivity contribution in [1.29, 1.82) is 0 Å². The zero-order valence-electron chi connectivity index (χ0n) is 12.2. The summed E-state index contributed by atoms with van der Waals surface area (Å²) in [5.74, 6) is 0.801. The van der Waals surface area contributed by atoms with Crippen LogP contribution in [0, 0.1) is 6.92 Å². The lowest BCUT2D eigenvalue weighted by atomic mass is 10.0. The number of hydrogen-bond acceptors (Lipinski definition) is 4. The van der Waals surface area contributed by atoms with E-state index in [1.54, 1.807) is 4.68 Å². The Morgan fingerprint density at radius 1 is 1.33 bits per heavy atom. The highest BCUT2D eigenvalue weighted by Gasteiger charge is 2.41. The molecule has 1 aliphatic rings. The first-order valence-electron chi connectivity index (χ1n) is 6.93. The van der Waals surface area contributed by atoms with Crippen molar-refractivity contribution in [3.8, 4) is 11.3 Å². The number of rotatable bonds is 2. The average Bonchev–Trinajstić information content (AvgIpc) is 2.91. The number of aryl methyl sites for hydroxylation is 1. The molecule has 1 aromatic heterocycles. The fourth-order valence-corrected chi connectivity index (χ4v) is 5.09. The molecule has 0 amide bonds. The van der Waals surface area contributed by atoms with E-state index in [0.717, 1.165) is 16.8 Å². The van der Waals surface area contributed by atoms with E-state index in [9.17, 15) is 8.42 Å². The van der Waals surface area contributed by atoms with Crippen LogP contribution in [-0.4, -0.2) is 29.7 Å². The van der Waals surface area contributed by atoms with Gasteiger partial charge in [0.15, 0.2) is 9.84 Å². The normalized spacial score (nSPS) is 24.3. The number of anilines is 1. The van der Waals surface area contributed by atoms with Gasteiger partial charge in [0.25, 0.3) is 0 Å². The van der Waals surface area contributed by atoms with Crippen molar-refractivity contribution in [3.63, 3.8) is 0 Å². The first-order chi connectivity index (χ1) is 9.81. The minimum absolute atomic E-state index is 0.0963. The van der Waals surface area contributed by atoms with E-state index in [-0.39, 0.29) is 11.5 Å². The average molecular weight is 305 g/mol. The smallest absolute Gasteiger partial charge is 0.152 e. The highest BCUT2D eigenvalue weighted by Crippen LogP contribution is 2.34. The summed E-state index contributed by atoms with van der Waals surface area (Å²) >= 11 is 0. The minimum atomic E-state index is -3.00. The summed E-state index contributed by atoms with van der Waals surface area (Å²) in [4.78, 5) is 0. The predicted molar refractivity (Wildman–Crippen MR) is 83.7 cm³/mol. The molecule has 6 heteroatoms. The number of hydrogen-bond donors (Lipinski definition) is 1. The van der Waals surface area contributed by atoms with Gasteiger partial charge >= 0.3 is 0 Å². The molecule has 2 aromatic rings. The second-order valence-electron chi connectivity index (χ2n) is 6.02. The molecule has 0 aliphatic carbocycles. The Balaban J connectivity index is 2.06. The van der Waals surface area contributed by atoms with E-state index in [0.29, 0.717) is 12.2 Å². The summed E-state index contributed by atoms with van der Waals surface area (Å²) in [5, 5.41) is 4.59. The minimum Gasteiger partial charge on any atom is -0.384 e. The lowest BCUT2D eigenvalue weighted by Crippen LogP contribution is -2.33. The summed E-state index contributed by atoms with van der Waals surface area (Å²) in [6, 6.07) is 9.77. The van der Waals surface area contributed by atoms with E-state index >= 15 is 0 Å². The Hall–Kier alpha value is -1.82. The van der Waals surface area contributed by atoms with E-state index in [2.05, 4.69) is 5.10 Å². The lowest BCUT2D eigenvalue weighted by molar-refractivity contribution is 0.335. The van der Waals surface area contributed by atoms with Crippen LogP contribution in [0.5, 0.6) is 0 Å². The van der Waals surface area contributed by atoms with Crippen LogP contribution >= 0.6 is 0 Å². The highest BCUT2D eigenvalue weighted by atomic mass is 32.2. The molecule has 112 valence electrons. The Morgan fingerprint density at radius 3 is 2.67 bits per heavy atom. The van der Waals surface area contributed by atoms with Crippen LogP contribution in [0.1, 0.15) is 18.9 Å². The zero-order valence-corrected chi connectivity index (χ0v) is 13.0. The van der Waals surface area contributed by atoms with Crippen molar-refractivity contribution in [3.05, 3.63) is 35.9 Å². The Morgan fingerprint density at radius 2 is 2.05 bits per heavy atom. The molecule has 1 saturated heterocycles. The fourth-order valence-electron chi connectivity index (χ4n) is 2.98. The molecule has 0 spiro atoms. The molecule has 1 aliphatic heterocycles. The predicted octanol–water partition coefficient (Wildman–Crippen LogP) is 1.97. The van der Waals surface area contributed by atoms with E-state index < -0.39 is 15.4 Å². The van der Waals surface area contributed by atoms with Crippen LogP contribution in [0.25, 0.3) is 11.3 Å². The molecule has 5 nitrogen and oxygen atoms in total. The first-order valence-corrected chi connectivity index (χ1v) is 8.75. The van der Waals surface area contributed by atoms with Crippen LogP contribution in [-0.2, 0) is 15.4 Å². The van der Waals surface area contributed by atoms with Crippen molar-refractivity contribution in [2.24, 2.45) is 0 Å². The molecule has 0 bridgehead atoms. The maximum atomic E-state index is 11.8. The van der Waals surface area contributed by atoms with Gasteiger partial charge in [0, 0.05) is 11.6 Å². The van der Waals surface area contributed by atoms with Gasteiger partial charge in [-0.15, -0.1) is 0 Å². The molecule has 0 saturated carbocycles. The number of nitrogens with two attached hydrogens (primary N) is 1. The number of aromatic nitrogens is 2. The second kappa shape index (κ2) is 4.59. The first kappa shape index (κ1) is 14.1. The number of benzene rings is 1. The van der Waals surface area contributed by atoms with Gasteiger partial charge in [0.05, 0.1) is 22.7 Å². The van der Waals surface area contributed by atoms with E-state index in [4.69, 9.17) is 5.73 Å². The maximum absolute atomic E-state index is 11.8. The van der Waals surface area contributed by atoms with E-state index in [1.165, 1.54) is 0 Å². The monoisotopic (exact) mass is 305 g/mol. The third-order valence-corrected chi connectivity index (χ3v) is 6.04. The van der Waals surface area contributed by atoms with Crippen molar-refractivity contribution < 1.29 is 8.42 Å². The number of sulfone groups is 1. The SMILES string of the molecule is Cc1ccccc1-c1cc(N)n(C2(C)CCS(=O)(=O)C2)n1. The largest absolute Gasteiger partial charge is 0.384 e. The molecule has 1 aromatic carbocycles. The van der Waals surface area contributed by atoms with Crippen LogP contribution in [0.4, 0.5) is 5.82 Å². The molecule has 1 fully saturated rings. The van der Waals surface area contributed by atoms with Gasteiger partial charge in [-0.05, 0) is 25.8 Å². The van der Waals surface area contributed by atoms with Crippen LogP contribution in [0.2, 0.25) is 0 Å². The molecule has 2 heterocycles. The Kier molecular flexibility index (Phi) is 3.09. The maximum Gasteiger partial charge on any atom is 0.152 e. The lowest BCUT2D eigenvalue weighted by Gasteiger charge is -2.24. The zero-order chi connectivity index (χ0) is 15.3. The van der Waals surface area contributed by atoms with Crippen LogP contribution in [0.3, 0.4) is 0 Å². The standard InChI is InChI=1S/C15H19N3O2S/c1-11-5-3-4-6-12(11)13-9-14(16)18(17-13)15(2)7-8-21(19,20)10-15/h3-6,9H,7-8,10,16H2,1-2H3. The van der Waals surface area contributed by atoms with Crippen molar-refractivity contribution in [2.75, 3.05) is 17.2 Å². The van der Waals surface area contributed by atoms with Gasteiger partial charge in [0.1, 0.15) is 5.82 Å². The second-order valence-corrected chi connectivity index (χ2v) is 8.20. The molecule has 21 heavy (non-hydrogen) atoms. The summed E-state index contributed by atoms with van der Waals surface area (Å²) in [5.41, 5.74) is 8.46. The molecule has 3 rings (SSSR count). The van der Waals surface area contributed by atoms with Gasteiger partial charge in [-0.3, -0.25) is 0 Å². The van der Waals surface area contributed by atoms with Crippen molar-refractivity contribution in [1.82, 2.24) is 9.78 Å². The highest BCUT2D eigenvalue weighted by molar-refractivity contribution is 7.91. The van der Waals surface area contributed by atoms with Gasteiger partial charge in [0.2, 0.25) is 0 Å². The third-order valence-electron chi connectivity index (χ3n) is 4.15. The Bertz CT molecular complexity index is 795. The van der Waals surface area contributed by atoms with Gasteiger partial charge in [-0.1, -0.05) is 24.3 Å². The summed E-state index contributed by atoms with van der Waals surface area (Å²) in [7, 11) is -3.00. The van der Waals surface area contributed by atoms with Crippen LogP contribution in [0.15, 0.2) is 30.3 Å². The van der Waals surface area contributed by atoms with E-state index in [1.807, 2.05) is 44.2 Å². The fraction of sp³-hybridized carbons (Fsp3) is 0.400. The van der Waals surface area contributed by atoms with Crippen molar-refractivity contribution in [2.45, 2.75) is 25.8 Å². The topological polar surface area (TPSA) is 78.0 Å². The van der Waals surface area contributed by atoms with Crippen molar-refractivity contribution >= 4 is 15.7 Å². The van der Waals surface area contributed by atoms with Gasteiger partial charge in [-0.25, -0.2) is 13.1 Å². The summed E-state index contributed by atoms with van der Waals surface area (Å²) in [6.45, 7) is 3.93. The molecule has 1 atom stereocenters. The number of nitrogen functional groups attached to an aromatic ring is 1. The van der Waals surface area contributed by atoms with Gasteiger partial charge < -0.3 is 5.73 Å². The molecule has 0 radical (unpaired) electrons.